The van der Waals surface area contributed by atoms with Crippen LogP contribution in [0.3, 0.4) is 0 Å². The molecule has 35 heavy (non-hydrogen) atoms. The third-order valence-electron chi connectivity index (χ3n) is 6.38. The van der Waals surface area contributed by atoms with Gasteiger partial charge in [-0.1, -0.05) is 6.07 Å². The first kappa shape index (κ1) is 24.7. The number of nitrogens with one attached hydrogen (secondary N) is 1. The fraction of sp³-hybridized carbons (Fsp3) is 0.423. The Morgan fingerprint density at radius 2 is 1.89 bits per heavy atom. The molecule has 0 unspecified atom stereocenters. The van der Waals surface area contributed by atoms with E-state index >= 15 is 0 Å². The number of H-pyrrole nitrogens is 1. The normalized spacial score (nSPS) is 15.7. The molecule has 4 rings (SSSR count). The molecule has 0 saturated heterocycles. The number of anilines is 1. The SMILES string of the molecule is CC(=O)N1CCCN(C(C)C)CCN(C(=O)c2cc(-c3ccc(C)o3)[nH]n2)Cc2ccc(F)cc21. The number of aryl methyl sites for hydroxylation is 1. The molecule has 1 N–H and O–H groups in total. The molecule has 0 spiro atoms. The summed E-state index contributed by atoms with van der Waals surface area (Å²) < 4.78 is 19.9. The highest BCUT2D eigenvalue weighted by molar-refractivity contribution is 5.94. The van der Waals surface area contributed by atoms with Crippen molar-refractivity contribution in [2.75, 3.05) is 31.1 Å². The first-order valence-electron chi connectivity index (χ1n) is 11.9. The van der Waals surface area contributed by atoms with Gasteiger partial charge in [-0.25, -0.2) is 4.39 Å². The van der Waals surface area contributed by atoms with Crippen molar-refractivity contribution < 1.29 is 18.4 Å². The van der Waals surface area contributed by atoms with Gasteiger partial charge in [-0.05, 0) is 57.0 Å². The van der Waals surface area contributed by atoms with Gasteiger partial charge in [0.05, 0.1) is 5.69 Å². The molecular weight excluding hydrogens is 449 g/mol. The van der Waals surface area contributed by atoms with Gasteiger partial charge < -0.3 is 14.2 Å². The molecule has 0 saturated carbocycles. The largest absolute Gasteiger partial charge is 0.460 e. The Morgan fingerprint density at radius 3 is 2.57 bits per heavy atom. The van der Waals surface area contributed by atoms with E-state index in [4.69, 9.17) is 4.42 Å². The Balaban J connectivity index is 1.69. The Morgan fingerprint density at radius 1 is 1.09 bits per heavy atom. The lowest BCUT2D eigenvalue weighted by atomic mass is 10.1. The zero-order valence-electron chi connectivity index (χ0n) is 20.7. The van der Waals surface area contributed by atoms with Crippen LogP contribution in [0.2, 0.25) is 0 Å². The zero-order valence-corrected chi connectivity index (χ0v) is 20.7. The van der Waals surface area contributed by atoms with Gasteiger partial charge in [0.25, 0.3) is 5.91 Å². The van der Waals surface area contributed by atoms with Crippen LogP contribution in [0, 0.1) is 12.7 Å². The number of furan rings is 1. The van der Waals surface area contributed by atoms with Crippen LogP contribution in [0.15, 0.2) is 40.8 Å². The number of hydrogen-bond donors (Lipinski definition) is 1. The lowest BCUT2D eigenvalue weighted by molar-refractivity contribution is -0.116. The summed E-state index contributed by atoms with van der Waals surface area (Å²) in [5.41, 5.74) is 2.10. The van der Waals surface area contributed by atoms with Crippen molar-refractivity contribution in [2.45, 2.75) is 46.7 Å². The number of carbonyl (C=O) groups is 2. The van der Waals surface area contributed by atoms with Crippen molar-refractivity contribution in [3.05, 3.63) is 59.2 Å². The molecular formula is C26H32FN5O3. The summed E-state index contributed by atoms with van der Waals surface area (Å²) in [5, 5.41) is 7.13. The second-order valence-electron chi connectivity index (χ2n) is 9.23. The van der Waals surface area contributed by atoms with Crippen LogP contribution in [-0.2, 0) is 11.3 Å². The highest BCUT2D eigenvalue weighted by Crippen LogP contribution is 2.26. The fourth-order valence-corrected chi connectivity index (χ4v) is 4.44. The third kappa shape index (κ3) is 5.62. The molecule has 3 heterocycles. The van der Waals surface area contributed by atoms with E-state index in [0.29, 0.717) is 42.3 Å². The molecule has 186 valence electrons. The molecule has 0 aliphatic carbocycles. The predicted molar refractivity (Wildman–Crippen MR) is 132 cm³/mol. The number of benzene rings is 1. The van der Waals surface area contributed by atoms with Crippen LogP contribution in [0.4, 0.5) is 10.1 Å². The summed E-state index contributed by atoms with van der Waals surface area (Å²) in [5.74, 6) is 0.550. The third-order valence-corrected chi connectivity index (χ3v) is 6.38. The van der Waals surface area contributed by atoms with Gasteiger partial charge in [-0.15, -0.1) is 0 Å². The van der Waals surface area contributed by atoms with Crippen molar-refractivity contribution in [2.24, 2.45) is 0 Å². The van der Waals surface area contributed by atoms with Crippen molar-refractivity contribution in [1.82, 2.24) is 20.0 Å². The number of nitrogens with zero attached hydrogens (tertiary/aromatic N) is 4. The molecule has 1 aliphatic heterocycles. The molecule has 3 aromatic rings. The van der Waals surface area contributed by atoms with E-state index in [-0.39, 0.29) is 30.1 Å². The summed E-state index contributed by atoms with van der Waals surface area (Å²) in [6, 6.07) is 10.0. The maximum Gasteiger partial charge on any atom is 0.274 e. The van der Waals surface area contributed by atoms with Crippen LogP contribution in [-0.4, -0.2) is 64.0 Å². The number of hydrogen-bond acceptors (Lipinski definition) is 5. The quantitative estimate of drug-likeness (QED) is 0.605. The highest BCUT2D eigenvalue weighted by Gasteiger charge is 2.25. The van der Waals surface area contributed by atoms with E-state index in [2.05, 4.69) is 28.9 Å². The van der Waals surface area contributed by atoms with Crippen LogP contribution < -0.4 is 4.90 Å². The number of aromatic amines is 1. The summed E-state index contributed by atoms with van der Waals surface area (Å²) in [6.45, 7) is 10.2. The van der Waals surface area contributed by atoms with E-state index in [1.54, 1.807) is 21.9 Å². The van der Waals surface area contributed by atoms with Crippen molar-refractivity contribution in [3.63, 3.8) is 0 Å². The van der Waals surface area contributed by atoms with Crippen molar-refractivity contribution in [3.8, 4) is 11.5 Å². The van der Waals surface area contributed by atoms with E-state index in [9.17, 15) is 14.0 Å². The molecule has 8 nitrogen and oxygen atoms in total. The van der Waals surface area contributed by atoms with Gasteiger partial charge >= 0.3 is 0 Å². The molecule has 9 heteroatoms. The van der Waals surface area contributed by atoms with Crippen LogP contribution >= 0.6 is 0 Å². The molecule has 1 aromatic carbocycles. The monoisotopic (exact) mass is 481 g/mol. The van der Waals surface area contributed by atoms with Gasteiger partial charge in [-0.2, -0.15) is 5.10 Å². The molecule has 1 aliphatic rings. The molecule has 0 bridgehead atoms. The van der Waals surface area contributed by atoms with Gasteiger partial charge in [0, 0.05) is 51.8 Å². The first-order chi connectivity index (χ1) is 16.7. The molecule has 2 amide bonds. The molecule has 0 atom stereocenters. The van der Waals surface area contributed by atoms with E-state index in [1.807, 2.05) is 19.1 Å². The van der Waals surface area contributed by atoms with Crippen LogP contribution in [0.5, 0.6) is 0 Å². The highest BCUT2D eigenvalue weighted by atomic mass is 19.1. The fourth-order valence-electron chi connectivity index (χ4n) is 4.44. The summed E-state index contributed by atoms with van der Waals surface area (Å²) in [4.78, 5) is 31.7. The Labute approximate surface area is 204 Å². The molecule has 2 aromatic heterocycles. The van der Waals surface area contributed by atoms with Gasteiger partial charge in [-0.3, -0.25) is 19.6 Å². The Hall–Kier alpha value is -3.46. The topological polar surface area (TPSA) is 85.7 Å². The second kappa shape index (κ2) is 10.4. The van der Waals surface area contributed by atoms with Crippen molar-refractivity contribution >= 4 is 17.5 Å². The average Bonchev–Trinajstić information content (AvgIpc) is 3.46. The number of carbonyl (C=O) groups excluding carboxylic acids is 2. The minimum atomic E-state index is -0.419. The summed E-state index contributed by atoms with van der Waals surface area (Å²) in [6.07, 6.45) is 0.743. The first-order valence-corrected chi connectivity index (χ1v) is 11.9. The van der Waals surface area contributed by atoms with Gasteiger partial charge in [0.2, 0.25) is 5.91 Å². The summed E-state index contributed by atoms with van der Waals surface area (Å²) in [7, 11) is 0. The maximum atomic E-state index is 14.2. The summed E-state index contributed by atoms with van der Waals surface area (Å²) >= 11 is 0. The van der Waals surface area contributed by atoms with Crippen molar-refractivity contribution in [1.29, 1.82) is 0 Å². The lowest BCUT2D eigenvalue weighted by Gasteiger charge is -2.29. The number of rotatable bonds is 3. The van der Waals surface area contributed by atoms with E-state index < -0.39 is 5.82 Å². The van der Waals surface area contributed by atoms with Gasteiger partial charge in [0.15, 0.2) is 11.5 Å². The molecule has 0 fully saturated rings. The van der Waals surface area contributed by atoms with Gasteiger partial charge in [0.1, 0.15) is 17.3 Å². The standard InChI is InChI=1S/C26H32FN5O3/c1-17(2)30-10-5-11-32(19(4)33)24-14-21(27)8-7-20(24)16-31(13-12-30)26(34)23-15-22(28-29-23)25-9-6-18(3)35-25/h6-9,14-15,17H,5,10-13,16H2,1-4H3,(H,28,29). The maximum absolute atomic E-state index is 14.2. The lowest BCUT2D eigenvalue weighted by Crippen LogP contribution is -2.41. The predicted octanol–water partition coefficient (Wildman–Crippen LogP) is 4.23. The van der Waals surface area contributed by atoms with E-state index in [1.165, 1.54) is 19.1 Å². The van der Waals surface area contributed by atoms with Crippen LogP contribution in [0.25, 0.3) is 11.5 Å². The average molecular weight is 482 g/mol. The minimum absolute atomic E-state index is 0.157. The second-order valence-corrected chi connectivity index (χ2v) is 9.23. The Kier molecular flexibility index (Phi) is 7.35. The molecule has 0 radical (unpaired) electrons. The number of halogens is 1. The number of aromatic nitrogens is 2. The van der Waals surface area contributed by atoms with Crippen LogP contribution in [0.1, 0.15) is 49.0 Å². The number of fused-ring (bicyclic) bond motifs is 1. The zero-order chi connectivity index (χ0) is 25.1. The van der Waals surface area contributed by atoms with E-state index in [0.717, 1.165) is 18.7 Å². The number of amides is 2. The minimum Gasteiger partial charge on any atom is -0.460 e. The Bertz CT molecular complexity index is 1200. The smallest absolute Gasteiger partial charge is 0.274 e.